The van der Waals surface area contributed by atoms with E-state index in [2.05, 4.69) is 19.9 Å². The fourth-order valence-electron chi connectivity index (χ4n) is 2.45. The molecule has 0 spiro atoms. The zero-order chi connectivity index (χ0) is 15.5. The van der Waals surface area contributed by atoms with E-state index in [0.717, 1.165) is 31.9 Å². The predicted molar refractivity (Wildman–Crippen MR) is 78.4 cm³/mol. The molecule has 2 heterocycles. The van der Waals surface area contributed by atoms with Crippen LogP contribution in [0, 0.1) is 0 Å². The maximum atomic E-state index is 10.9. The quantitative estimate of drug-likeness (QED) is 0.830. The molecule has 0 atom stereocenters. The summed E-state index contributed by atoms with van der Waals surface area (Å²) < 4.78 is 4.77. The summed E-state index contributed by atoms with van der Waals surface area (Å²) in [5, 5.41) is 13.1. The molecule has 3 N–H and O–H groups in total. The van der Waals surface area contributed by atoms with Gasteiger partial charge >= 0.3 is 11.8 Å². The number of aromatic hydroxyl groups is 1. The third-order valence-corrected chi connectivity index (χ3v) is 3.63. The highest BCUT2D eigenvalue weighted by Crippen LogP contribution is 2.20. The molecule has 1 aliphatic rings. The number of anilines is 1. The van der Waals surface area contributed by atoms with Crippen molar-refractivity contribution in [2.24, 2.45) is 5.73 Å². The van der Waals surface area contributed by atoms with Gasteiger partial charge in [0, 0.05) is 31.9 Å². The molecular weight excluding hydrogens is 286 g/mol. The molecule has 1 aliphatic heterocycles. The fraction of sp³-hybridized carbons (Fsp3) is 0.357. The van der Waals surface area contributed by atoms with Gasteiger partial charge in [0.25, 0.3) is 0 Å². The van der Waals surface area contributed by atoms with Gasteiger partial charge in [-0.1, -0.05) is 5.16 Å². The van der Waals surface area contributed by atoms with Crippen molar-refractivity contribution >= 4 is 11.6 Å². The second-order valence-electron chi connectivity index (χ2n) is 5.16. The Morgan fingerprint density at radius 2 is 1.91 bits per heavy atom. The fourth-order valence-corrected chi connectivity index (χ4v) is 2.45. The van der Waals surface area contributed by atoms with Gasteiger partial charge in [-0.15, -0.1) is 0 Å². The number of phenols is 1. The smallest absolute Gasteiger partial charge is 0.315 e. The van der Waals surface area contributed by atoms with Crippen molar-refractivity contribution in [1.82, 2.24) is 15.0 Å². The summed E-state index contributed by atoms with van der Waals surface area (Å²) in [4.78, 5) is 19.3. The van der Waals surface area contributed by atoms with E-state index < -0.39 is 5.91 Å². The first-order valence-electron chi connectivity index (χ1n) is 7.00. The molecule has 0 bridgehead atoms. The average molecular weight is 303 g/mol. The van der Waals surface area contributed by atoms with Crippen LogP contribution in [0.25, 0.3) is 0 Å². The molecule has 2 aromatic rings. The van der Waals surface area contributed by atoms with Crippen molar-refractivity contribution in [2.45, 2.75) is 6.54 Å². The first kappa shape index (κ1) is 14.3. The normalized spacial score (nSPS) is 15.9. The van der Waals surface area contributed by atoms with E-state index in [1.54, 1.807) is 12.1 Å². The number of nitrogens with two attached hydrogens (primary N) is 1. The second-order valence-corrected chi connectivity index (χ2v) is 5.16. The number of hydrogen-bond acceptors (Lipinski definition) is 7. The number of phenolic OH excluding ortho intramolecular Hbond substituents is 1. The molecule has 0 aliphatic carbocycles. The van der Waals surface area contributed by atoms with Gasteiger partial charge in [0.15, 0.2) is 5.82 Å². The van der Waals surface area contributed by atoms with Gasteiger partial charge < -0.3 is 20.3 Å². The van der Waals surface area contributed by atoms with Gasteiger partial charge in [-0.05, 0) is 24.3 Å². The number of primary amides is 1. The maximum Gasteiger partial charge on any atom is 0.315 e. The number of piperazine rings is 1. The van der Waals surface area contributed by atoms with Crippen LogP contribution in [0.15, 0.2) is 28.8 Å². The largest absolute Gasteiger partial charge is 0.508 e. The molecule has 1 aromatic heterocycles. The van der Waals surface area contributed by atoms with Crippen molar-refractivity contribution < 1.29 is 14.4 Å². The van der Waals surface area contributed by atoms with Gasteiger partial charge in [0.2, 0.25) is 0 Å². The lowest BCUT2D eigenvalue weighted by Crippen LogP contribution is -2.46. The van der Waals surface area contributed by atoms with Crippen LogP contribution >= 0.6 is 0 Å². The minimum Gasteiger partial charge on any atom is -0.508 e. The van der Waals surface area contributed by atoms with Crippen LogP contribution < -0.4 is 10.6 Å². The summed E-state index contributed by atoms with van der Waals surface area (Å²) in [6.45, 7) is 3.96. The van der Waals surface area contributed by atoms with E-state index in [0.29, 0.717) is 12.4 Å². The summed E-state index contributed by atoms with van der Waals surface area (Å²) >= 11 is 0. The van der Waals surface area contributed by atoms with Crippen LogP contribution in [0.4, 0.5) is 5.69 Å². The molecule has 0 saturated carbocycles. The van der Waals surface area contributed by atoms with Crippen LogP contribution in [-0.4, -0.2) is 52.2 Å². The monoisotopic (exact) mass is 303 g/mol. The Morgan fingerprint density at radius 3 is 2.50 bits per heavy atom. The summed E-state index contributed by atoms with van der Waals surface area (Å²) in [5.74, 6) is -0.134. The van der Waals surface area contributed by atoms with E-state index in [1.807, 2.05) is 12.1 Å². The van der Waals surface area contributed by atoms with Crippen LogP contribution in [-0.2, 0) is 6.54 Å². The first-order chi connectivity index (χ1) is 10.6. The highest BCUT2D eigenvalue weighted by Gasteiger charge is 2.20. The van der Waals surface area contributed by atoms with E-state index in [1.165, 1.54) is 0 Å². The van der Waals surface area contributed by atoms with E-state index in [9.17, 15) is 9.90 Å². The highest BCUT2D eigenvalue weighted by atomic mass is 16.5. The third-order valence-electron chi connectivity index (χ3n) is 3.63. The van der Waals surface area contributed by atoms with Gasteiger partial charge in [-0.2, -0.15) is 4.98 Å². The van der Waals surface area contributed by atoms with Crippen molar-refractivity contribution in [2.75, 3.05) is 31.1 Å². The lowest BCUT2D eigenvalue weighted by atomic mass is 10.2. The number of rotatable bonds is 4. The maximum absolute atomic E-state index is 10.9. The number of benzene rings is 1. The molecule has 8 heteroatoms. The third kappa shape index (κ3) is 3.17. The van der Waals surface area contributed by atoms with E-state index in [4.69, 9.17) is 10.3 Å². The molecule has 116 valence electrons. The Hall–Kier alpha value is -2.61. The Morgan fingerprint density at radius 1 is 1.23 bits per heavy atom. The lowest BCUT2D eigenvalue weighted by molar-refractivity contribution is 0.0958. The zero-order valence-corrected chi connectivity index (χ0v) is 12.0. The summed E-state index contributed by atoms with van der Waals surface area (Å²) in [6, 6.07) is 7.19. The molecule has 1 fully saturated rings. The van der Waals surface area contributed by atoms with E-state index >= 15 is 0 Å². The van der Waals surface area contributed by atoms with Crippen molar-refractivity contribution in [3.63, 3.8) is 0 Å². The molecule has 0 unspecified atom stereocenters. The van der Waals surface area contributed by atoms with Gasteiger partial charge in [-0.3, -0.25) is 9.69 Å². The van der Waals surface area contributed by atoms with Crippen molar-refractivity contribution in [3.8, 4) is 5.75 Å². The summed E-state index contributed by atoms with van der Waals surface area (Å²) in [6.07, 6.45) is 0. The lowest BCUT2D eigenvalue weighted by Gasteiger charge is -2.35. The minimum absolute atomic E-state index is 0.155. The molecule has 1 saturated heterocycles. The molecule has 8 nitrogen and oxygen atoms in total. The number of aromatic nitrogens is 2. The van der Waals surface area contributed by atoms with Crippen LogP contribution in [0.3, 0.4) is 0 Å². The van der Waals surface area contributed by atoms with Crippen molar-refractivity contribution in [1.29, 1.82) is 0 Å². The standard InChI is InChI=1S/C14H17N5O3/c15-13(21)14-16-12(17-22-14)9-18-5-7-19(8-6-18)10-1-3-11(20)4-2-10/h1-4,20H,5-9H2,(H2,15,21). The number of carbonyl (C=O) groups excluding carboxylic acids is 1. The summed E-state index contributed by atoms with van der Waals surface area (Å²) in [5.41, 5.74) is 6.17. The second kappa shape index (κ2) is 6.02. The van der Waals surface area contributed by atoms with Gasteiger partial charge in [-0.25, -0.2) is 0 Å². The molecular formula is C14H17N5O3. The number of carbonyl (C=O) groups is 1. The summed E-state index contributed by atoms with van der Waals surface area (Å²) in [7, 11) is 0. The number of hydrogen-bond donors (Lipinski definition) is 2. The SMILES string of the molecule is NC(=O)c1nc(CN2CCN(c3ccc(O)cc3)CC2)no1. The minimum atomic E-state index is -0.712. The molecule has 1 amide bonds. The predicted octanol–water partition coefficient (Wildman–Crippen LogP) is 0.196. The van der Waals surface area contributed by atoms with Crippen LogP contribution in [0.5, 0.6) is 5.75 Å². The first-order valence-corrected chi connectivity index (χ1v) is 7.00. The van der Waals surface area contributed by atoms with E-state index in [-0.39, 0.29) is 11.6 Å². The van der Waals surface area contributed by atoms with Gasteiger partial charge in [0.05, 0.1) is 6.54 Å². The Bertz CT molecular complexity index is 647. The molecule has 1 aromatic carbocycles. The van der Waals surface area contributed by atoms with Crippen LogP contribution in [0.2, 0.25) is 0 Å². The number of amides is 1. The Labute approximate surface area is 127 Å². The Balaban J connectivity index is 1.55. The topological polar surface area (TPSA) is 109 Å². The van der Waals surface area contributed by atoms with Crippen molar-refractivity contribution in [3.05, 3.63) is 36.0 Å². The number of nitrogens with zero attached hydrogens (tertiary/aromatic N) is 4. The molecule has 0 radical (unpaired) electrons. The molecule has 22 heavy (non-hydrogen) atoms. The van der Waals surface area contributed by atoms with Gasteiger partial charge in [0.1, 0.15) is 5.75 Å². The molecule has 3 rings (SSSR count). The highest BCUT2D eigenvalue weighted by molar-refractivity contribution is 5.87. The van der Waals surface area contributed by atoms with Crippen LogP contribution in [0.1, 0.15) is 16.5 Å². The zero-order valence-electron chi connectivity index (χ0n) is 12.0. The Kier molecular flexibility index (Phi) is 3.92. The average Bonchev–Trinajstić information content (AvgIpc) is 2.98.